The third-order valence-electron chi connectivity index (χ3n) is 7.92. The first-order valence-corrected chi connectivity index (χ1v) is 14.0. The van der Waals surface area contributed by atoms with E-state index in [1.165, 1.54) is 0 Å². The van der Waals surface area contributed by atoms with Gasteiger partial charge in [-0.3, -0.25) is 19.2 Å². The Balaban J connectivity index is 1.59. The topological polar surface area (TPSA) is 157 Å². The molecule has 214 valence electrons. The molecule has 2 aliphatic heterocycles. The summed E-state index contributed by atoms with van der Waals surface area (Å²) in [6, 6.07) is 16.4. The lowest BCUT2D eigenvalue weighted by Crippen LogP contribution is -2.58. The molecule has 2 aromatic rings. The first-order valence-electron chi connectivity index (χ1n) is 14.0. The van der Waals surface area contributed by atoms with Gasteiger partial charge in [0.2, 0.25) is 17.7 Å². The summed E-state index contributed by atoms with van der Waals surface area (Å²) in [4.78, 5) is 54.1. The van der Waals surface area contributed by atoms with Crippen molar-refractivity contribution in [2.24, 2.45) is 17.4 Å². The summed E-state index contributed by atoms with van der Waals surface area (Å²) >= 11 is 0. The molecule has 2 aliphatic rings. The Kier molecular flexibility index (Phi) is 9.89. The number of fused-ring (bicyclic) bond motifs is 1. The summed E-state index contributed by atoms with van der Waals surface area (Å²) in [5.41, 5.74) is 13.2. The minimum Gasteiger partial charge on any atom is -0.464 e. The molecule has 40 heavy (non-hydrogen) atoms. The molecule has 2 heterocycles. The minimum atomic E-state index is -0.979. The van der Waals surface area contributed by atoms with Crippen molar-refractivity contribution in [1.82, 2.24) is 15.5 Å². The van der Waals surface area contributed by atoms with Crippen LogP contribution in [0.2, 0.25) is 0 Å². The second kappa shape index (κ2) is 13.5. The Morgan fingerprint density at radius 3 is 2.15 bits per heavy atom. The number of ether oxygens (including phenoxy) is 1. The Bertz CT molecular complexity index is 1140. The molecule has 0 aromatic heterocycles. The number of nitrogens with zero attached hydrogens (tertiary/aromatic N) is 1. The van der Waals surface area contributed by atoms with Crippen molar-refractivity contribution in [3.8, 4) is 0 Å². The zero-order valence-corrected chi connectivity index (χ0v) is 22.8. The molecular weight excluding hydrogens is 510 g/mol. The predicted octanol–water partition coefficient (Wildman–Crippen LogP) is 1.39. The van der Waals surface area contributed by atoms with Gasteiger partial charge in [-0.25, -0.2) is 0 Å². The lowest BCUT2D eigenvalue weighted by molar-refractivity contribution is -0.147. The number of hydrogen-bond donors (Lipinski definition) is 4. The van der Waals surface area contributed by atoms with Gasteiger partial charge in [0.05, 0.1) is 25.2 Å². The summed E-state index contributed by atoms with van der Waals surface area (Å²) in [7, 11) is 0. The highest BCUT2D eigenvalue weighted by atomic mass is 16.5. The predicted molar refractivity (Wildman–Crippen MR) is 149 cm³/mol. The van der Waals surface area contributed by atoms with Crippen molar-refractivity contribution >= 4 is 23.7 Å². The maximum Gasteiger partial charge on any atom is 0.319 e. The standard InChI is InChI=1S/C30H39N5O5/c1-2-23(32)28(37)34-27-21(18-40-25(36)17-31)13-14-22-15-16-24(35(22)30(27)39)29(38)33-26(19-9-5-3-6-10-19)20-11-7-4-8-12-20/h3-12,21-24,26-27H,2,13-18,31-32H2,1H3,(H,33,38)(H,34,37)/t21-,22+,23+,24+,27+/m1/s1. The van der Waals surface area contributed by atoms with Crippen LogP contribution in [0.1, 0.15) is 56.2 Å². The molecule has 0 spiro atoms. The Hall–Kier alpha value is -3.76. The molecule has 2 aromatic carbocycles. The van der Waals surface area contributed by atoms with Crippen LogP contribution in [0.25, 0.3) is 0 Å². The summed E-state index contributed by atoms with van der Waals surface area (Å²) < 4.78 is 5.28. The summed E-state index contributed by atoms with van der Waals surface area (Å²) in [5, 5.41) is 5.99. The molecule has 2 fully saturated rings. The number of rotatable bonds is 10. The maximum absolute atomic E-state index is 14.1. The van der Waals surface area contributed by atoms with E-state index in [-0.39, 0.29) is 31.0 Å². The number of nitrogens with one attached hydrogen (secondary N) is 2. The second-order valence-electron chi connectivity index (χ2n) is 10.5. The largest absolute Gasteiger partial charge is 0.464 e. The molecule has 0 radical (unpaired) electrons. The molecule has 10 nitrogen and oxygen atoms in total. The van der Waals surface area contributed by atoms with E-state index < -0.39 is 42.0 Å². The zero-order chi connectivity index (χ0) is 28.6. The van der Waals surface area contributed by atoms with Crippen molar-refractivity contribution < 1.29 is 23.9 Å². The van der Waals surface area contributed by atoms with E-state index in [9.17, 15) is 19.2 Å². The number of benzene rings is 2. The molecule has 3 amide bonds. The molecule has 10 heteroatoms. The van der Waals surface area contributed by atoms with Gasteiger partial charge in [0.25, 0.3) is 0 Å². The Morgan fingerprint density at radius 2 is 1.57 bits per heavy atom. The fourth-order valence-electron chi connectivity index (χ4n) is 5.64. The van der Waals surface area contributed by atoms with Crippen molar-refractivity contribution in [3.05, 3.63) is 71.8 Å². The monoisotopic (exact) mass is 549 g/mol. The number of carbonyl (C=O) groups is 4. The lowest BCUT2D eigenvalue weighted by Gasteiger charge is -2.33. The number of hydrogen-bond acceptors (Lipinski definition) is 7. The minimum absolute atomic E-state index is 0.0599. The van der Waals surface area contributed by atoms with Crippen molar-refractivity contribution in [2.45, 2.75) is 69.2 Å². The molecular formula is C30H39N5O5. The van der Waals surface area contributed by atoms with Crippen LogP contribution in [-0.4, -0.2) is 65.9 Å². The molecule has 6 N–H and O–H groups in total. The van der Waals surface area contributed by atoms with Gasteiger partial charge in [0, 0.05) is 12.0 Å². The van der Waals surface area contributed by atoms with Crippen molar-refractivity contribution in [1.29, 1.82) is 0 Å². The van der Waals surface area contributed by atoms with Gasteiger partial charge in [0.1, 0.15) is 12.1 Å². The average Bonchev–Trinajstić information content (AvgIpc) is 3.37. The maximum atomic E-state index is 14.1. The van der Waals surface area contributed by atoms with E-state index in [1.54, 1.807) is 11.8 Å². The molecule has 0 bridgehead atoms. The van der Waals surface area contributed by atoms with Crippen LogP contribution in [0.15, 0.2) is 60.7 Å². The molecule has 0 aliphatic carbocycles. The van der Waals surface area contributed by atoms with Gasteiger partial charge in [-0.15, -0.1) is 0 Å². The molecule has 2 saturated heterocycles. The molecule has 0 unspecified atom stereocenters. The number of amides is 3. The quantitative estimate of drug-likeness (QED) is 0.326. The number of carbonyl (C=O) groups excluding carboxylic acids is 4. The molecule has 4 rings (SSSR count). The van der Waals surface area contributed by atoms with Crippen LogP contribution in [0.5, 0.6) is 0 Å². The van der Waals surface area contributed by atoms with E-state index in [0.29, 0.717) is 32.1 Å². The molecule has 5 atom stereocenters. The van der Waals surface area contributed by atoms with Crippen molar-refractivity contribution in [3.63, 3.8) is 0 Å². The third kappa shape index (κ3) is 6.68. The van der Waals surface area contributed by atoms with Crippen LogP contribution < -0.4 is 22.1 Å². The van der Waals surface area contributed by atoms with E-state index >= 15 is 0 Å². The highest BCUT2D eigenvalue weighted by molar-refractivity contribution is 5.94. The van der Waals surface area contributed by atoms with E-state index in [2.05, 4.69) is 10.6 Å². The van der Waals surface area contributed by atoms with Crippen LogP contribution in [0.3, 0.4) is 0 Å². The molecule has 0 saturated carbocycles. The van der Waals surface area contributed by atoms with Gasteiger partial charge < -0.3 is 31.7 Å². The first-order chi connectivity index (χ1) is 19.3. The number of nitrogens with two attached hydrogens (primary N) is 2. The zero-order valence-electron chi connectivity index (χ0n) is 22.8. The van der Waals surface area contributed by atoms with E-state index in [1.807, 2.05) is 60.7 Å². The normalized spacial score (nSPS) is 23.2. The van der Waals surface area contributed by atoms with Crippen LogP contribution in [0.4, 0.5) is 0 Å². The van der Waals surface area contributed by atoms with Crippen LogP contribution in [-0.2, 0) is 23.9 Å². The van der Waals surface area contributed by atoms with Crippen molar-refractivity contribution in [2.75, 3.05) is 13.2 Å². The Labute approximate surface area is 234 Å². The van der Waals surface area contributed by atoms with E-state index in [0.717, 1.165) is 11.1 Å². The fraction of sp³-hybridized carbons (Fsp3) is 0.467. The van der Waals surface area contributed by atoms with Crippen LogP contribution in [0, 0.1) is 5.92 Å². The van der Waals surface area contributed by atoms with Crippen LogP contribution >= 0.6 is 0 Å². The summed E-state index contributed by atoms with van der Waals surface area (Å²) in [6.45, 7) is 1.45. The number of esters is 1. The fourth-order valence-corrected chi connectivity index (χ4v) is 5.64. The summed E-state index contributed by atoms with van der Waals surface area (Å²) in [6.07, 6.45) is 2.73. The van der Waals surface area contributed by atoms with Gasteiger partial charge in [0.15, 0.2) is 0 Å². The third-order valence-corrected chi connectivity index (χ3v) is 7.92. The second-order valence-corrected chi connectivity index (χ2v) is 10.5. The average molecular weight is 550 g/mol. The highest BCUT2D eigenvalue weighted by Gasteiger charge is 2.48. The van der Waals surface area contributed by atoms with Gasteiger partial charge in [-0.2, -0.15) is 0 Å². The van der Waals surface area contributed by atoms with E-state index in [4.69, 9.17) is 16.2 Å². The highest BCUT2D eigenvalue weighted by Crippen LogP contribution is 2.35. The van der Waals surface area contributed by atoms with Gasteiger partial charge >= 0.3 is 5.97 Å². The SMILES string of the molecule is CC[C@H](N)C(=O)N[C@@H]1C(=O)N2[C@@H](CC[C@@H]1COC(=O)CN)CC[C@H]2C(=O)NC(c1ccccc1)c1ccccc1. The first kappa shape index (κ1) is 29.2. The van der Waals surface area contributed by atoms with Gasteiger partial charge in [-0.1, -0.05) is 67.6 Å². The van der Waals surface area contributed by atoms with Gasteiger partial charge in [-0.05, 0) is 43.2 Å². The summed E-state index contributed by atoms with van der Waals surface area (Å²) in [5.74, 6) is -2.12. The Morgan fingerprint density at radius 1 is 0.975 bits per heavy atom. The lowest BCUT2D eigenvalue weighted by atomic mass is 9.93. The smallest absolute Gasteiger partial charge is 0.319 e.